The Labute approximate surface area is 145 Å². The molecule has 3 N–H and O–H groups in total. The van der Waals surface area contributed by atoms with Crippen LogP contribution in [0.1, 0.15) is 45.6 Å². The summed E-state index contributed by atoms with van der Waals surface area (Å²) in [5, 5.41) is 3.02. The Bertz CT molecular complexity index is 521. The molecule has 3 atom stereocenters. The van der Waals surface area contributed by atoms with E-state index in [1.54, 1.807) is 0 Å². The van der Waals surface area contributed by atoms with Crippen molar-refractivity contribution in [1.29, 1.82) is 0 Å². The van der Waals surface area contributed by atoms with Crippen molar-refractivity contribution in [3.63, 3.8) is 0 Å². The van der Waals surface area contributed by atoms with Crippen molar-refractivity contribution in [2.24, 2.45) is 11.1 Å². The first kappa shape index (κ1) is 19.9. The lowest BCUT2D eigenvalue weighted by Crippen LogP contribution is -2.75. The maximum Gasteiger partial charge on any atom is 0.240 e. The average Bonchev–Trinajstić information content (AvgIpc) is 2.52. The van der Waals surface area contributed by atoms with Gasteiger partial charge in [0.2, 0.25) is 5.91 Å². The molecule has 1 aromatic carbocycles. The molecule has 0 aromatic heterocycles. The lowest BCUT2D eigenvalue weighted by molar-refractivity contribution is -0.170. The van der Waals surface area contributed by atoms with E-state index in [4.69, 9.17) is 10.5 Å². The largest absolute Gasteiger partial charge is 0.378 e. The molecular weight excluding hydrogens is 312 g/mol. The van der Waals surface area contributed by atoms with Crippen molar-refractivity contribution in [1.82, 2.24) is 5.32 Å². The van der Waals surface area contributed by atoms with Crippen LogP contribution in [0.5, 0.6) is 0 Å². The molecule has 0 spiro atoms. The van der Waals surface area contributed by atoms with Crippen LogP contribution in [0.15, 0.2) is 30.3 Å². The Morgan fingerprint density at radius 2 is 2.00 bits per heavy atom. The number of hydrogen-bond donors (Lipinski definition) is 2. The van der Waals surface area contributed by atoms with E-state index in [2.05, 4.69) is 24.4 Å². The highest BCUT2D eigenvalue weighted by molar-refractivity contribution is 5.88. The van der Waals surface area contributed by atoms with Crippen LogP contribution in [0.3, 0.4) is 0 Å². The summed E-state index contributed by atoms with van der Waals surface area (Å²) in [6, 6.07) is 10.2. The van der Waals surface area contributed by atoms with E-state index < -0.39 is 5.54 Å². The van der Waals surface area contributed by atoms with Crippen molar-refractivity contribution in [3.8, 4) is 0 Å². The van der Waals surface area contributed by atoms with Gasteiger partial charge in [0.25, 0.3) is 0 Å². The van der Waals surface area contributed by atoms with Crippen molar-refractivity contribution in [2.45, 2.75) is 51.7 Å². The number of nitrogens with two attached hydrogens (primary N) is 1. The molecule has 0 bridgehead atoms. The van der Waals surface area contributed by atoms with Gasteiger partial charge in [0, 0.05) is 25.0 Å². The van der Waals surface area contributed by atoms with Crippen LogP contribution in [-0.4, -0.2) is 30.7 Å². The van der Waals surface area contributed by atoms with Crippen LogP contribution < -0.4 is 11.1 Å². The summed E-state index contributed by atoms with van der Waals surface area (Å²) in [6.07, 6.45) is 0.638. The van der Waals surface area contributed by atoms with Crippen LogP contribution in [0.4, 0.5) is 0 Å². The summed E-state index contributed by atoms with van der Waals surface area (Å²) in [5.41, 5.74) is 6.41. The van der Waals surface area contributed by atoms with Crippen LogP contribution in [0, 0.1) is 5.41 Å². The molecule has 130 valence electrons. The van der Waals surface area contributed by atoms with Gasteiger partial charge in [-0.25, -0.2) is 0 Å². The number of rotatable bonds is 6. The zero-order chi connectivity index (χ0) is 16.4. The molecule has 1 amide bonds. The number of benzene rings is 1. The second-order valence-corrected chi connectivity index (χ2v) is 6.86. The van der Waals surface area contributed by atoms with Gasteiger partial charge >= 0.3 is 0 Å². The monoisotopic (exact) mass is 340 g/mol. The topological polar surface area (TPSA) is 64.3 Å². The summed E-state index contributed by atoms with van der Waals surface area (Å²) in [7, 11) is 0. The molecule has 4 nitrogen and oxygen atoms in total. The zero-order valence-corrected chi connectivity index (χ0v) is 15.3. The number of halogens is 1. The summed E-state index contributed by atoms with van der Waals surface area (Å²) in [5.74, 6) is 0.191. The predicted molar refractivity (Wildman–Crippen MR) is 95.8 cm³/mol. The lowest BCUT2D eigenvalue weighted by Gasteiger charge is -2.57. The first-order valence-electron chi connectivity index (χ1n) is 8.06. The van der Waals surface area contributed by atoms with Gasteiger partial charge in [-0.05, 0) is 18.4 Å². The molecule has 1 saturated carbocycles. The molecule has 5 heteroatoms. The van der Waals surface area contributed by atoms with Crippen LogP contribution in [0.25, 0.3) is 0 Å². The van der Waals surface area contributed by atoms with Crippen LogP contribution in [0.2, 0.25) is 0 Å². The molecule has 1 aliphatic carbocycles. The molecule has 1 aliphatic rings. The maximum absolute atomic E-state index is 12.6. The molecule has 0 heterocycles. The molecule has 0 aliphatic heterocycles. The van der Waals surface area contributed by atoms with Gasteiger partial charge in [-0.15, -0.1) is 12.4 Å². The third-order valence-electron chi connectivity index (χ3n) is 5.17. The van der Waals surface area contributed by atoms with Gasteiger partial charge < -0.3 is 15.8 Å². The van der Waals surface area contributed by atoms with Crippen LogP contribution in [-0.2, 0) is 9.53 Å². The van der Waals surface area contributed by atoms with E-state index in [1.807, 2.05) is 39.0 Å². The number of carbonyl (C=O) groups is 1. The summed E-state index contributed by atoms with van der Waals surface area (Å²) < 4.78 is 5.67. The third kappa shape index (κ3) is 3.70. The summed E-state index contributed by atoms with van der Waals surface area (Å²) in [6.45, 7) is 9.34. The van der Waals surface area contributed by atoms with E-state index in [0.717, 1.165) is 0 Å². The summed E-state index contributed by atoms with van der Waals surface area (Å²) >= 11 is 0. The van der Waals surface area contributed by atoms with E-state index in [-0.39, 0.29) is 35.8 Å². The fourth-order valence-electron chi connectivity index (χ4n) is 3.12. The van der Waals surface area contributed by atoms with Gasteiger partial charge in [-0.2, -0.15) is 0 Å². The van der Waals surface area contributed by atoms with Gasteiger partial charge in [-0.3, -0.25) is 4.79 Å². The minimum Gasteiger partial charge on any atom is -0.378 e. The maximum atomic E-state index is 12.6. The molecule has 0 saturated heterocycles. The number of ether oxygens (including phenoxy) is 1. The molecule has 1 aromatic rings. The SMILES string of the molecule is CCOC1CC(N)(C(=O)NCC(C)c2ccccc2)C1(C)C.Cl. The second-order valence-electron chi connectivity index (χ2n) is 6.86. The van der Waals surface area contributed by atoms with Crippen LogP contribution >= 0.6 is 12.4 Å². The minimum absolute atomic E-state index is 0. The predicted octanol–water partition coefficient (Wildman–Crippen LogP) is 2.86. The van der Waals surface area contributed by atoms with Crippen molar-refractivity contribution in [3.05, 3.63) is 35.9 Å². The number of amides is 1. The van der Waals surface area contributed by atoms with Crippen molar-refractivity contribution < 1.29 is 9.53 Å². The Morgan fingerprint density at radius 3 is 2.52 bits per heavy atom. The minimum atomic E-state index is -0.844. The quantitative estimate of drug-likeness (QED) is 0.837. The summed E-state index contributed by atoms with van der Waals surface area (Å²) in [4.78, 5) is 12.6. The molecule has 3 unspecified atom stereocenters. The van der Waals surface area contributed by atoms with Gasteiger partial charge in [-0.1, -0.05) is 51.1 Å². The Balaban J connectivity index is 0.00000264. The first-order valence-corrected chi connectivity index (χ1v) is 8.06. The van der Waals surface area contributed by atoms with E-state index in [1.165, 1.54) is 5.56 Å². The molecular formula is C18H29ClN2O2. The number of nitrogens with one attached hydrogen (secondary N) is 1. The highest BCUT2D eigenvalue weighted by Gasteiger charge is 2.62. The molecule has 2 rings (SSSR count). The van der Waals surface area contributed by atoms with Crippen molar-refractivity contribution >= 4 is 18.3 Å². The molecule has 0 radical (unpaired) electrons. The molecule has 23 heavy (non-hydrogen) atoms. The highest BCUT2D eigenvalue weighted by atomic mass is 35.5. The standard InChI is InChI=1S/C18H28N2O2.ClH/c1-5-22-15-11-18(19,17(15,3)4)16(21)20-12-13(2)14-9-7-6-8-10-14;/h6-10,13,15H,5,11-12,19H2,1-4H3,(H,20,21);1H. The number of hydrogen-bond acceptors (Lipinski definition) is 3. The van der Waals surface area contributed by atoms with E-state index >= 15 is 0 Å². The smallest absolute Gasteiger partial charge is 0.240 e. The highest BCUT2D eigenvalue weighted by Crippen LogP contribution is 2.49. The fourth-order valence-corrected chi connectivity index (χ4v) is 3.12. The zero-order valence-electron chi connectivity index (χ0n) is 14.5. The Morgan fingerprint density at radius 1 is 1.39 bits per heavy atom. The number of carbonyl (C=O) groups excluding carboxylic acids is 1. The van der Waals surface area contributed by atoms with Gasteiger partial charge in [0.1, 0.15) is 5.54 Å². The lowest BCUT2D eigenvalue weighted by atomic mass is 9.54. The Kier molecular flexibility index (Phi) is 6.63. The molecule has 1 fully saturated rings. The normalized spacial score (nSPS) is 26.6. The van der Waals surface area contributed by atoms with E-state index in [9.17, 15) is 4.79 Å². The fraction of sp³-hybridized carbons (Fsp3) is 0.611. The van der Waals surface area contributed by atoms with Gasteiger partial charge in [0.05, 0.1) is 6.10 Å². The third-order valence-corrected chi connectivity index (χ3v) is 5.17. The average molecular weight is 341 g/mol. The van der Waals surface area contributed by atoms with Gasteiger partial charge in [0.15, 0.2) is 0 Å². The Hall–Kier alpha value is -1.10. The van der Waals surface area contributed by atoms with E-state index in [0.29, 0.717) is 19.6 Å². The first-order chi connectivity index (χ1) is 10.3. The second kappa shape index (κ2) is 7.65. The van der Waals surface area contributed by atoms with Crippen molar-refractivity contribution in [2.75, 3.05) is 13.2 Å².